The van der Waals surface area contributed by atoms with Crippen molar-refractivity contribution in [2.45, 2.75) is 26.7 Å². The van der Waals surface area contributed by atoms with Crippen LogP contribution in [0.1, 0.15) is 26.7 Å². The van der Waals surface area contributed by atoms with Crippen molar-refractivity contribution >= 4 is 17.8 Å². The van der Waals surface area contributed by atoms with E-state index < -0.39 is 29.2 Å². The number of nitrogens with zero attached hydrogens (tertiary/aromatic N) is 2. The predicted octanol–water partition coefficient (Wildman–Crippen LogP) is 0.949. The van der Waals surface area contributed by atoms with E-state index in [0.717, 1.165) is 4.90 Å². The molecule has 0 fully saturated rings. The van der Waals surface area contributed by atoms with Gasteiger partial charge in [0.2, 0.25) is 5.91 Å². The molecular formula is C14H17N2O3-. The van der Waals surface area contributed by atoms with E-state index in [1.807, 2.05) is 6.92 Å². The highest BCUT2D eigenvalue weighted by molar-refractivity contribution is 6.16. The Labute approximate surface area is 113 Å². The molecule has 0 aromatic rings. The summed E-state index contributed by atoms with van der Waals surface area (Å²) in [6.45, 7) is 7.15. The van der Waals surface area contributed by atoms with Gasteiger partial charge < -0.3 is 5.11 Å². The van der Waals surface area contributed by atoms with Gasteiger partial charge in [0.15, 0.2) is 0 Å². The molecule has 0 aromatic carbocycles. The van der Waals surface area contributed by atoms with Crippen LogP contribution in [0.25, 0.3) is 0 Å². The second kappa shape index (κ2) is 5.70. The molecule has 0 radical (unpaired) electrons. The second-order valence-electron chi connectivity index (χ2n) is 4.42. The SMILES string of the molecule is C=CCC1(C(C)C#CCC)C(=O)N(C)C(=O)N=C1[O-]. The molecule has 2 atom stereocenters. The first kappa shape index (κ1) is 15.0. The van der Waals surface area contributed by atoms with Gasteiger partial charge in [-0.3, -0.25) is 9.69 Å². The molecule has 1 rings (SSSR count). The van der Waals surface area contributed by atoms with Crippen LogP contribution in [-0.2, 0) is 4.79 Å². The number of hydrogen-bond donors (Lipinski definition) is 0. The minimum atomic E-state index is -1.42. The number of amides is 3. The molecule has 0 bridgehead atoms. The molecule has 3 amide bonds. The van der Waals surface area contributed by atoms with Crippen molar-refractivity contribution in [3.05, 3.63) is 12.7 Å². The highest BCUT2D eigenvalue weighted by Crippen LogP contribution is 2.36. The normalized spacial score (nSPS) is 24.4. The Morgan fingerprint density at radius 3 is 2.74 bits per heavy atom. The average molecular weight is 261 g/mol. The van der Waals surface area contributed by atoms with Crippen molar-refractivity contribution in [2.75, 3.05) is 7.05 Å². The molecule has 5 heteroatoms. The fourth-order valence-corrected chi connectivity index (χ4v) is 2.07. The van der Waals surface area contributed by atoms with Crippen LogP contribution in [0.4, 0.5) is 4.79 Å². The fraction of sp³-hybridized carbons (Fsp3) is 0.500. The maximum atomic E-state index is 12.4. The lowest BCUT2D eigenvalue weighted by atomic mass is 9.71. The minimum Gasteiger partial charge on any atom is -0.861 e. The first-order valence-electron chi connectivity index (χ1n) is 6.09. The summed E-state index contributed by atoms with van der Waals surface area (Å²) in [6, 6.07) is -0.828. The highest BCUT2D eigenvalue weighted by atomic mass is 16.3. The highest BCUT2D eigenvalue weighted by Gasteiger charge is 2.48. The summed E-state index contributed by atoms with van der Waals surface area (Å²) in [4.78, 5) is 28.1. The number of aliphatic imine (C=N–C) groups is 1. The van der Waals surface area contributed by atoms with Crippen molar-refractivity contribution in [3.8, 4) is 11.8 Å². The summed E-state index contributed by atoms with van der Waals surface area (Å²) in [5.74, 6) is 3.94. The van der Waals surface area contributed by atoms with Gasteiger partial charge in [-0.15, -0.1) is 12.5 Å². The van der Waals surface area contributed by atoms with Crippen molar-refractivity contribution in [1.82, 2.24) is 4.90 Å². The Morgan fingerprint density at radius 1 is 1.58 bits per heavy atom. The molecule has 5 nitrogen and oxygen atoms in total. The molecule has 1 aliphatic rings. The minimum absolute atomic E-state index is 0.116. The van der Waals surface area contributed by atoms with Gasteiger partial charge in [-0.2, -0.15) is 0 Å². The molecule has 1 heterocycles. The quantitative estimate of drug-likeness (QED) is 0.561. The van der Waals surface area contributed by atoms with Crippen LogP contribution >= 0.6 is 0 Å². The third-order valence-electron chi connectivity index (χ3n) is 3.25. The second-order valence-corrected chi connectivity index (χ2v) is 4.42. The molecule has 0 spiro atoms. The number of imide groups is 1. The molecule has 102 valence electrons. The molecule has 2 unspecified atom stereocenters. The summed E-state index contributed by atoms with van der Waals surface area (Å²) in [7, 11) is 1.32. The van der Waals surface area contributed by atoms with Crippen LogP contribution in [0.5, 0.6) is 0 Å². The third kappa shape index (κ3) is 2.39. The zero-order valence-electron chi connectivity index (χ0n) is 11.4. The third-order valence-corrected chi connectivity index (χ3v) is 3.25. The Kier molecular flexibility index (Phi) is 4.49. The van der Waals surface area contributed by atoms with Gasteiger partial charge in [0.1, 0.15) is 0 Å². The van der Waals surface area contributed by atoms with Crippen molar-refractivity contribution < 1.29 is 14.7 Å². The van der Waals surface area contributed by atoms with Gasteiger partial charge in [0.25, 0.3) is 0 Å². The molecule has 0 saturated heterocycles. The summed E-state index contributed by atoms with van der Waals surface area (Å²) in [5.41, 5.74) is -1.42. The number of hydrogen-bond acceptors (Lipinski definition) is 3. The van der Waals surface area contributed by atoms with Crippen molar-refractivity contribution in [2.24, 2.45) is 16.3 Å². The summed E-state index contributed by atoms with van der Waals surface area (Å²) in [6.07, 6.45) is 2.23. The van der Waals surface area contributed by atoms with Gasteiger partial charge in [-0.05, 0) is 19.2 Å². The van der Waals surface area contributed by atoms with Gasteiger partial charge in [0, 0.05) is 19.4 Å². The summed E-state index contributed by atoms with van der Waals surface area (Å²) in [5, 5.41) is 12.1. The number of carbonyl (C=O) groups is 2. The standard InChI is InChI=1S/C14H18N2O3/c1-5-7-8-10(3)14(9-6-2)11(17)15-13(19)16(4)12(14)18/h6,10H,2,5,9H2,1,3-4H3,(H,15,17,19)/p-1. The first-order chi connectivity index (χ1) is 8.91. The number of urea groups is 1. The van der Waals surface area contributed by atoms with E-state index in [-0.39, 0.29) is 6.42 Å². The summed E-state index contributed by atoms with van der Waals surface area (Å²) >= 11 is 0. The Hall–Kier alpha value is -2.09. The van der Waals surface area contributed by atoms with Gasteiger partial charge in [-0.1, -0.05) is 18.9 Å². The average Bonchev–Trinajstić information content (AvgIpc) is 2.38. The van der Waals surface area contributed by atoms with Crippen LogP contribution in [0.15, 0.2) is 17.6 Å². The maximum absolute atomic E-state index is 12.4. The molecule has 1 aliphatic heterocycles. The zero-order valence-corrected chi connectivity index (χ0v) is 11.4. The molecule has 0 saturated carbocycles. The lowest BCUT2D eigenvalue weighted by Crippen LogP contribution is -2.59. The van der Waals surface area contributed by atoms with Crippen molar-refractivity contribution in [3.63, 3.8) is 0 Å². The van der Waals surface area contributed by atoms with E-state index in [0.29, 0.717) is 6.42 Å². The fourth-order valence-electron chi connectivity index (χ4n) is 2.07. The Balaban J connectivity index is 3.39. The number of carbonyl (C=O) groups excluding carboxylic acids is 2. The topological polar surface area (TPSA) is 72.8 Å². The van der Waals surface area contributed by atoms with Crippen molar-refractivity contribution in [1.29, 1.82) is 0 Å². The molecule has 0 N–H and O–H groups in total. The monoisotopic (exact) mass is 261 g/mol. The van der Waals surface area contributed by atoms with E-state index in [1.54, 1.807) is 6.92 Å². The van der Waals surface area contributed by atoms with E-state index in [1.165, 1.54) is 13.1 Å². The molecule has 0 aliphatic carbocycles. The lowest BCUT2D eigenvalue weighted by Gasteiger charge is -2.43. The van der Waals surface area contributed by atoms with E-state index in [2.05, 4.69) is 23.4 Å². The predicted molar refractivity (Wildman–Crippen MR) is 70.1 cm³/mol. The van der Waals surface area contributed by atoms with E-state index in [9.17, 15) is 14.7 Å². The van der Waals surface area contributed by atoms with Gasteiger partial charge in [0.05, 0.1) is 5.41 Å². The van der Waals surface area contributed by atoms with Gasteiger partial charge in [-0.25, -0.2) is 9.79 Å². The van der Waals surface area contributed by atoms with Crippen LogP contribution < -0.4 is 5.11 Å². The molecular weight excluding hydrogens is 244 g/mol. The maximum Gasteiger partial charge on any atom is 0.349 e. The molecule has 19 heavy (non-hydrogen) atoms. The largest absolute Gasteiger partial charge is 0.861 e. The number of rotatable bonds is 3. The van der Waals surface area contributed by atoms with Crippen LogP contribution in [0, 0.1) is 23.2 Å². The van der Waals surface area contributed by atoms with E-state index >= 15 is 0 Å². The first-order valence-corrected chi connectivity index (χ1v) is 6.09. The lowest BCUT2D eigenvalue weighted by molar-refractivity contribution is -0.233. The van der Waals surface area contributed by atoms with Gasteiger partial charge >= 0.3 is 6.03 Å². The number of allylic oxidation sites excluding steroid dienone is 1. The zero-order chi connectivity index (χ0) is 14.6. The van der Waals surface area contributed by atoms with Crippen LogP contribution in [0.2, 0.25) is 0 Å². The molecule has 0 aromatic heterocycles. The van der Waals surface area contributed by atoms with Crippen LogP contribution in [0.3, 0.4) is 0 Å². The Morgan fingerprint density at radius 2 is 2.21 bits per heavy atom. The smallest absolute Gasteiger partial charge is 0.349 e. The summed E-state index contributed by atoms with van der Waals surface area (Å²) < 4.78 is 0. The Bertz CT molecular complexity index is 499. The van der Waals surface area contributed by atoms with Crippen LogP contribution in [-0.4, -0.2) is 29.8 Å². The van der Waals surface area contributed by atoms with E-state index in [4.69, 9.17) is 0 Å².